The minimum Gasteiger partial charge on any atom is -0.385 e. The summed E-state index contributed by atoms with van der Waals surface area (Å²) in [6, 6.07) is 10.2. The molecule has 6 heteroatoms. The van der Waals surface area contributed by atoms with Crippen LogP contribution in [0.25, 0.3) is 0 Å². The summed E-state index contributed by atoms with van der Waals surface area (Å²) in [7, 11) is 1.72. The molecule has 138 valence electrons. The molecule has 0 heterocycles. The fourth-order valence-electron chi connectivity index (χ4n) is 2.02. The molecule has 0 saturated heterocycles. The van der Waals surface area contributed by atoms with Crippen LogP contribution >= 0.6 is 24.0 Å². The van der Waals surface area contributed by atoms with Crippen molar-refractivity contribution in [1.82, 2.24) is 10.6 Å². The Kier molecular flexibility index (Phi) is 15.1. The van der Waals surface area contributed by atoms with Crippen LogP contribution in [0.15, 0.2) is 35.3 Å². The van der Waals surface area contributed by atoms with E-state index in [4.69, 9.17) is 9.47 Å². The maximum absolute atomic E-state index is 5.76. The van der Waals surface area contributed by atoms with E-state index in [9.17, 15) is 0 Å². The summed E-state index contributed by atoms with van der Waals surface area (Å²) in [6.45, 7) is 8.81. The fraction of sp³-hybridized carbons (Fsp3) is 0.611. The number of methoxy groups -OCH3 is 1. The Bertz CT molecular complexity index is 430. The minimum absolute atomic E-state index is 0. The molecule has 0 radical (unpaired) electrons. The highest BCUT2D eigenvalue weighted by atomic mass is 127. The van der Waals surface area contributed by atoms with Crippen molar-refractivity contribution in [3.8, 4) is 0 Å². The lowest BCUT2D eigenvalue weighted by Gasteiger charge is -2.13. The van der Waals surface area contributed by atoms with E-state index >= 15 is 0 Å². The van der Waals surface area contributed by atoms with Crippen molar-refractivity contribution < 1.29 is 9.47 Å². The first-order valence-corrected chi connectivity index (χ1v) is 8.39. The van der Waals surface area contributed by atoms with Crippen LogP contribution in [0, 0.1) is 5.92 Å². The summed E-state index contributed by atoms with van der Waals surface area (Å²) in [5.41, 5.74) is 1.20. The third-order valence-electron chi connectivity index (χ3n) is 3.24. The number of halogens is 1. The number of ether oxygens (including phenoxy) is 2. The van der Waals surface area contributed by atoms with Gasteiger partial charge in [0.05, 0.1) is 13.2 Å². The van der Waals surface area contributed by atoms with Crippen molar-refractivity contribution in [2.75, 3.05) is 40.0 Å². The number of nitrogens with zero attached hydrogens (tertiary/aromatic N) is 1. The summed E-state index contributed by atoms with van der Waals surface area (Å²) >= 11 is 0. The van der Waals surface area contributed by atoms with Crippen LogP contribution in [-0.4, -0.2) is 45.9 Å². The van der Waals surface area contributed by atoms with Gasteiger partial charge in [0, 0.05) is 33.4 Å². The molecular formula is C18H32IN3O2. The van der Waals surface area contributed by atoms with Crippen LogP contribution in [0.2, 0.25) is 0 Å². The van der Waals surface area contributed by atoms with Gasteiger partial charge in [-0.1, -0.05) is 37.3 Å². The molecule has 1 atom stereocenters. The van der Waals surface area contributed by atoms with Crippen molar-refractivity contribution in [2.24, 2.45) is 10.9 Å². The van der Waals surface area contributed by atoms with E-state index in [2.05, 4.69) is 41.6 Å². The third kappa shape index (κ3) is 11.6. The standard InChI is InChI=1S/C18H31N3O2.HI/c1-4-19-18(20-11-8-12-22-3)21-13-16(2)14-23-15-17-9-6-5-7-10-17;/h5-7,9-10,16H,4,8,11-15H2,1-3H3,(H2,19,20,21);1H. The number of benzene rings is 1. The highest BCUT2D eigenvalue weighted by Crippen LogP contribution is 2.03. The van der Waals surface area contributed by atoms with Gasteiger partial charge in [-0.15, -0.1) is 24.0 Å². The molecule has 24 heavy (non-hydrogen) atoms. The monoisotopic (exact) mass is 449 g/mol. The van der Waals surface area contributed by atoms with Crippen molar-refractivity contribution in [3.63, 3.8) is 0 Å². The highest BCUT2D eigenvalue weighted by molar-refractivity contribution is 14.0. The summed E-state index contributed by atoms with van der Waals surface area (Å²) in [5, 5.41) is 6.56. The molecule has 0 aliphatic heterocycles. The average molecular weight is 449 g/mol. The summed E-state index contributed by atoms with van der Waals surface area (Å²) in [6.07, 6.45) is 0.969. The third-order valence-corrected chi connectivity index (χ3v) is 3.24. The maximum Gasteiger partial charge on any atom is 0.191 e. The van der Waals surface area contributed by atoms with E-state index < -0.39 is 0 Å². The van der Waals surface area contributed by atoms with Crippen molar-refractivity contribution in [2.45, 2.75) is 26.9 Å². The van der Waals surface area contributed by atoms with Gasteiger partial charge in [-0.3, -0.25) is 4.99 Å². The first-order valence-electron chi connectivity index (χ1n) is 8.39. The van der Waals surface area contributed by atoms with Gasteiger partial charge in [0.25, 0.3) is 0 Å². The number of rotatable bonds is 11. The SMILES string of the molecule is CCNC(=NCC(C)COCc1ccccc1)NCCCOC.I. The number of guanidine groups is 1. The Morgan fingerprint density at radius 1 is 1.21 bits per heavy atom. The summed E-state index contributed by atoms with van der Waals surface area (Å²) in [4.78, 5) is 4.61. The molecule has 0 aliphatic carbocycles. The van der Waals surface area contributed by atoms with Gasteiger partial charge in [0.1, 0.15) is 0 Å². The van der Waals surface area contributed by atoms with Crippen LogP contribution < -0.4 is 10.6 Å². The molecule has 1 aromatic rings. The Balaban J connectivity index is 0.00000529. The second-order valence-corrected chi connectivity index (χ2v) is 5.60. The van der Waals surface area contributed by atoms with E-state index in [-0.39, 0.29) is 24.0 Å². The van der Waals surface area contributed by atoms with E-state index in [0.717, 1.165) is 38.6 Å². The Labute approximate surface area is 163 Å². The molecular weight excluding hydrogens is 417 g/mol. The molecule has 1 rings (SSSR count). The largest absolute Gasteiger partial charge is 0.385 e. The number of nitrogens with one attached hydrogen (secondary N) is 2. The molecule has 1 aromatic carbocycles. The van der Waals surface area contributed by atoms with Gasteiger partial charge in [-0.25, -0.2) is 0 Å². The van der Waals surface area contributed by atoms with Gasteiger partial charge in [0.2, 0.25) is 0 Å². The lowest BCUT2D eigenvalue weighted by molar-refractivity contribution is 0.0945. The van der Waals surface area contributed by atoms with E-state index in [0.29, 0.717) is 19.1 Å². The maximum atomic E-state index is 5.76. The van der Waals surface area contributed by atoms with Crippen LogP contribution in [0.3, 0.4) is 0 Å². The van der Waals surface area contributed by atoms with Crippen LogP contribution in [0.4, 0.5) is 0 Å². The fourth-order valence-corrected chi connectivity index (χ4v) is 2.02. The van der Waals surface area contributed by atoms with Gasteiger partial charge < -0.3 is 20.1 Å². The predicted octanol–water partition coefficient (Wildman–Crippen LogP) is 3.05. The normalized spacial score (nSPS) is 12.4. The first kappa shape index (κ1) is 23.1. The second kappa shape index (κ2) is 15.7. The zero-order valence-electron chi connectivity index (χ0n) is 15.1. The number of hydrogen-bond donors (Lipinski definition) is 2. The van der Waals surface area contributed by atoms with E-state index in [1.54, 1.807) is 7.11 Å². The predicted molar refractivity (Wildman–Crippen MR) is 111 cm³/mol. The smallest absolute Gasteiger partial charge is 0.191 e. The molecule has 0 saturated carbocycles. The zero-order valence-corrected chi connectivity index (χ0v) is 17.4. The first-order chi connectivity index (χ1) is 11.3. The van der Waals surface area contributed by atoms with Gasteiger partial charge in [-0.05, 0) is 24.8 Å². The molecule has 0 aromatic heterocycles. The second-order valence-electron chi connectivity index (χ2n) is 5.60. The number of hydrogen-bond acceptors (Lipinski definition) is 3. The molecule has 2 N–H and O–H groups in total. The summed E-state index contributed by atoms with van der Waals surface area (Å²) < 4.78 is 10.8. The van der Waals surface area contributed by atoms with Gasteiger partial charge in [-0.2, -0.15) is 0 Å². The molecule has 0 spiro atoms. The molecule has 0 aliphatic rings. The quantitative estimate of drug-likeness (QED) is 0.236. The Morgan fingerprint density at radius 2 is 1.96 bits per heavy atom. The zero-order chi connectivity index (χ0) is 16.8. The number of aliphatic imine (C=N–C) groups is 1. The molecule has 0 fully saturated rings. The van der Waals surface area contributed by atoms with Gasteiger partial charge >= 0.3 is 0 Å². The average Bonchev–Trinajstić information content (AvgIpc) is 2.57. The van der Waals surface area contributed by atoms with Crippen LogP contribution in [-0.2, 0) is 16.1 Å². The van der Waals surface area contributed by atoms with Gasteiger partial charge in [0.15, 0.2) is 5.96 Å². The molecule has 0 bridgehead atoms. The topological polar surface area (TPSA) is 54.9 Å². The molecule has 0 amide bonds. The van der Waals surface area contributed by atoms with Crippen LogP contribution in [0.1, 0.15) is 25.8 Å². The van der Waals surface area contributed by atoms with Crippen molar-refractivity contribution in [1.29, 1.82) is 0 Å². The van der Waals surface area contributed by atoms with Crippen molar-refractivity contribution >= 4 is 29.9 Å². The minimum atomic E-state index is 0. The lowest BCUT2D eigenvalue weighted by Crippen LogP contribution is -2.38. The molecule has 5 nitrogen and oxygen atoms in total. The highest BCUT2D eigenvalue weighted by Gasteiger charge is 2.03. The molecule has 1 unspecified atom stereocenters. The Morgan fingerprint density at radius 3 is 2.62 bits per heavy atom. The van der Waals surface area contributed by atoms with E-state index in [1.165, 1.54) is 5.56 Å². The van der Waals surface area contributed by atoms with Crippen LogP contribution in [0.5, 0.6) is 0 Å². The lowest BCUT2D eigenvalue weighted by atomic mass is 10.2. The summed E-state index contributed by atoms with van der Waals surface area (Å²) in [5.74, 6) is 1.24. The van der Waals surface area contributed by atoms with E-state index in [1.807, 2.05) is 18.2 Å². The van der Waals surface area contributed by atoms with Crippen molar-refractivity contribution in [3.05, 3.63) is 35.9 Å². The Hall–Kier alpha value is -0.860.